The average molecular weight is 457 g/mol. The molecule has 0 bridgehead atoms. The van der Waals surface area contributed by atoms with E-state index in [1.165, 1.54) is 16.0 Å². The predicted octanol–water partition coefficient (Wildman–Crippen LogP) is 6.99. The van der Waals surface area contributed by atoms with Crippen LogP contribution in [-0.2, 0) is 11.3 Å². The fraction of sp³-hybridized carbons (Fsp3) is 0.435. The van der Waals surface area contributed by atoms with Crippen molar-refractivity contribution < 1.29 is 9.53 Å². The zero-order chi connectivity index (χ0) is 21.8. The number of alkyl halides is 3. The molecule has 0 radical (unpaired) electrons. The van der Waals surface area contributed by atoms with Gasteiger partial charge in [-0.05, 0) is 61.4 Å². The first-order valence-corrected chi connectivity index (χ1v) is 10.7. The van der Waals surface area contributed by atoms with E-state index < -0.39 is 9.70 Å². The zero-order valence-electron chi connectivity index (χ0n) is 17.6. The zero-order valence-corrected chi connectivity index (χ0v) is 19.8. The molecule has 29 heavy (non-hydrogen) atoms. The molecule has 0 aromatic heterocycles. The first-order chi connectivity index (χ1) is 13.5. The number of halogens is 3. The van der Waals surface area contributed by atoms with Crippen LogP contribution < -0.4 is 4.74 Å². The van der Waals surface area contributed by atoms with Gasteiger partial charge in [0.15, 0.2) is 0 Å². The quantitative estimate of drug-likeness (QED) is 0.447. The molecular formula is C23H28Cl3NO2. The second kappa shape index (κ2) is 9.59. The molecule has 0 atom stereocenters. The number of hydrogen-bond acceptors (Lipinski definition) is 2. The Kier molecular flexibility index (Phi) is 7.89. The lowest BCUT2D eigenvalue weighted by molar-refractivity contribution is -0.128. The van der Waals surface area contributed by atoms with Gasteiger partial charge in [-0.25, -0.2) is 0 Å². The Morgan fingerprint density at radius 1 is 1.24 bits per heavy atom. The Morgan fingerprint density at radius 2 is 1.86 bits per heavy atom. The van der Waals surface area contributed by atoms with Gasteiger partial charge >= 0.3 is 0 Å². The summed E-state index contributed by atoms with van der Waals surface area (Å²) in [6.45, 7) is 8.74. The fourth-order valence-corrected chi connectivity index (χ4v) is 3.81. The molecule has 0 N–H and O–H groups in total. The van der Waals surface area contributed by atoms with E-state index in [0.29, 0.717) is 12.2 Å². The topological polar surface area (TPSA) is 29.5 Å². The molecule has 1 amide bonds. The minimum absolute atomic E-state index is 0.0790. The number of carbonyl (C=O) groups is 1. The van der Waals surface area contributed by atoms with Crippen molar-refractivity contribution in [3.8, 4) is 5.75 Å². The van der Waals surface area contributed by atoms with Crippen molar-refractivity contribution in [2.45, 2.75) is 50.9 Å². The molecule has 1 aliphatic carbocycles. The van der Waals surface area contributed by atoms with E-state index in [0.717, 1.165) is 24.2 Å². The third-order valence-electron chi connectivity index (χ3n) is 5.28. The van der Waals surface area contributed by atoms with Crippen LogP contribution in [0.3, 0.4) is 0 Å². The monoisotopic (exact) mass is 455 g/mol. The number of methoxy groups -OCH3 is 1. The van der Waals surface area contributed by atoms with Crippen molar-refractivity contribution in [2.24, 2.45) is 5.41 Å². The van der Waals surface area contributed by atoms with E-state index in [4.69, 9.17) is 39.5 Å². The number of benzene rings is 1. The number of amides is 1. The van der Waals surface area contributed by atoms with E-state index in [1.54, 1.807) is 7.11 Å². The van der Waals surface area contributed by atoms with Crippen LogP contribution in [-0.4, -0.2) is 21.7 Å². The molecule has 158 valence electrons. The molecule has 2 rings (SSSR count). The molecule has 0 heterocycles. The van der Waals surface area contributed by atoms with Gasteiger partial charge in [-0.3, -0.25) is 4.79 Å². The van der Waals surface area contributed by atoms with Gasteiger partial charge in [-0.15, -0.1) is 0 Å². The number of carbonyl (C=O) groups excluding carboxylic acids is 1. The Hall–Kier alpha value is -1.42. The van der Waals surface area contributed by atoms with Crippen LogP contribution in [0.5, 0.6) is 5.75 Å². The van der Waals surface area contributed by atoms with Gasteiger partial charge in [-0.2, -0.15) is 0 Å². The summed E-state index contributed by atoms with van der Waals surface area (Å²) in [4.78, 5) is 14.3. The van der Waals surface area contributed by atoms with Crippen LogP contribution in [0.25, 0.3) is 0 Å². The van der Waals surface area contributed by atoms with Gasteiger partial charge in [0.2, 0.25) is 0 Å². The second-order valence-corrected chi connectivity index (χ2v) is 10.2. The fourth-order valence-electron chi connectivity index (χ4n) is 3.50. The normalized spacial score (nSPS) is 18.4. The van der Waals surface area contributed by atoms with Crippen LogP contribution in [0.2, 0.25) is 0 Å². The molecule has 0 unspecified atom stereocenters. The summed E-state index contributed by atoms with van der Waals surface area (Å²) in [5, 5.41) is 0. The summed E-state index contributed by atoms with van der Waals surface area (Å²) < 4.78 is 3.16. The van der Waals surface area contributed by atoms with Crippen molar-refractivity contribution in [1.82, 2.24) is 4.90 Å². The molecule has 1 aliphatic rings. The Morgan fingerprint density at radius 3 is 2.38 bits per heavy atom. The molecule has 3 nitrogen and oxygen atoms in total. The summed E-state index contributed by atoms with van der Waals surface area (Å²) in [7, 11) is 1.61. The highest BCUT2D eigenvalue weighted by atomic mass is 35.6. The average Bonchev–Trinajstić information content (AvgIpc) is 2.64. The highest BCUT2D eigenvalue weighted by Crippen LogP contribution is 2.40. The summed E-state index contributed by atoms with van der Waals surface area (Å²) >= 11 is 17.8. The van der Waals surface area contributed by atoms with Gasteiger partial charge in [0.25, 0.3) is 9.70 Å². The Labute approximate surface area is 189 Å². The number of allylic oxidation sites excluding steroid dienone is 6. The van der Waals surface area contributed by atoms with Gasteiger partial charge in [-0.1, -0.05) is 78.5 Å². The largest absolute Gasteiger partial charge is 0.497 e. The molecule has 1 aromatic carbocycles. The maximum absolute atomic E-state index is 12.8. The summed E-state index contributed by atoms with van der Waals surface area (Å²) in [6.07, 6.45) is 8.42. The maximum atomic E-state index is 12.8. The van der Waals surface area contributed by atoms with Crippen molar-refractivity contribution >= 4 is 40.7 Å². The molecule has 6 heteroatoms. The predicted molar refractivity (Wildman–Crippen MR) is 122 cm³/mol. The molecule has 0 spiro atoms. The van der Waals surface area contributed by atoms with Crippen LogP contribution in [0.4, 0.5) is 0 Å². The Bertz CT molecular complexity index is 831. The molecule has 0 aliphatic heterocycles. The number of ether oxygens (including phenoxy) is 1. The first kappa shape index (κ1) is 23.9. The van der Waals surface area contributed by atoms with E-state index >= 15 is 0 Å². The first-order valence-electron chi connectivity index (χ1n) is 9.53. The van der Waals surface area contributed by atoms with Crippen LogP contribution in [0, 0.1) is 5.41 Å². The minimum Gasteiger partial charge on any atom is -0.497 e. The van der Waals surface area contributed by atoms with E-state index in [2.05, 4.69) is 32.9 Å². The summed E-state index contributed by atoms with van der Waals surface area (Å²) in [5.74, 6) is 0.160. The Balaban J connectivity index is 2.37. The molecule has 0 fully saturated rings. The molecule has 0 saturated carbocycles. The van der Waals surface area contributed by atoms with E-state index in [-0.39, 0.29) is 5.41 Å². The standard InChI is InChI=1S/C23H28Cl3NO2/c1-16-7-6-14-22(3,4)20(16)13-8-17(2)27(21(28)23(24,25)26)15-18-9-11-19(29-5)12-10-18/h7-13H,6,14-15H2,1-5H3/b17-8+,20-13-. The summed E-state index contributed by atoms with van der Waals surface area (Å²) in [5.41, 5.74) is 4.21. The van der Waals surface area contributed by atoms with Gasteiger partial charge < -0.3 is 9.64 Å². The second-order valence-electron chi connectivity index (χ2n) is 7.94. The van der Waals surface area contributed by atoms with Gasteiger partial charge in [0, 0.05) is 5.70 Å². The van der Waals surface area contributed by atoms with E-state index in [1.807, 2.05) is 37.3 Å². The van der Waals surface area contributed by atoms with Gasteiger partial charge in [0.1, 0.15) is 5.75 Å². The number of hydrogen-bond donors (Lipinski definition) is 0. The van der Waals surface area contributed by atoms with Crippen LogP contribution >= 0.6 is 34.8 Å². The smallest absolute Gasteiger partial charge is 0.279 e. The lowest BCUT2D eigenvalue weighted by atomic mass is 9.73. The van der Waals surface area contributed by atoms with Crippen molar-refractivity contribution in [3.63, 3.8) is 0 Å². The van der Waals surface area contributed by atoms with Crippen molar-refractivity contribution in [2.75, 3.05) is 7.11 Å². The van der Waals surface area contributed by atoms with Crippen molar-refractivity contribution in [1.29, 1.82) is 0 Å². The third-order valence-corrected chi connectivity index (χ3v) is 5.76. The lowest BCUT2D eigenvalue weighted by Crippen LogP contribution is -2.37. The number of rotatable bonds is 5. The third kappa shape index (κ3) is 6.28. The van der Waals surface area contributed by atoms with Crippen LogP contribution in [0.15, 0.2) is 59.3 Å². The van der Waals surface area contributed by atoms with Gasteiger partial charge in [0.05, 0.1) is 13.7 Å². The van der Waals surface area contributed by atoms with Crippen LogP contribution in [0.1, 0.15) is 46.1 Å². The molecule has 0 saturated heterocycles. The maximum Gasteiger partial charge on any atom is 0.279 e. The highest BCUT2D eigenvalue weighted by Gasteiger charge is 2.36. The molecule has 1 aromatic rings. The minimum atomic E-state index is -2.03. The summed E-state index contributed by atoms with van der Waals surface area (Å²) in [6, 6.07) is 7.46. The van der Waals surface area contributed by atoms with Crippen molar-refractivity contribution in [3.05, 3.63) is 64.9 Å². The lowest BCUT2D eigenvalue weighted by Gasteiger charge is -2.32. The molecular weight excluding hydrogens is 429 g/mol. The SMILES string of the molecule is COc1ccc(CN(C(=O)C(Cl)(Cl)Cl)/C(C)=C/C=C2/C(C)=CCCC2(C)C)cc1. The van der Waals surface area contributed by atoms with E-state index in [9.17, 15) is 4.79 Å². The number of nitrogens with zero attached hydrogens (tertiary/aromatic N) is 1. The highest BCUT2D eigenvalue weighted by molar-refractivity contribution is 6.76.